The molecule has 0 radical (unpaired) electrons. The highest BCUT2D eigenvalue weighted by atomic mass is 16.1. The second-order valence-electron chi connectivity index (χ2n) is 3.59. The summed E-state index contributed by atoms with van der Waals surface area (Å²) >= 11 is 0. The van der Waals surface area contributed by atoms with E-state index in [4.69, 9.17) is 0 Å². The van der Waals surface area contributed by atoms with Gasteiger partial charge < -0.3 is 0 Å². The van der Waals surface area contributed by atoms with Crippen molar-refractivity contribution in [1.29, 1.82) is 0 Å². The summed E-state index contributed by atoms with van der Waals surface area (Å²) in [6, 6.07) is 0. The first-order chi connectivity index (χ1) is 5.69. The number of carbonyl (C=O) groups is 1. The van der Waals surface area contributed by atoms with Crippen LogP contribution in [0.4, 0.5) is 0 Å². The van der Waals surface area contributed by atoms with E-state index in [0.717, 1.165) is 36.7 Å². The van der Waals surface area contributed by atoms with E-state index in [1.165, 1.54) is 5.57 Å². The van der Waals surface area contributed by atoms with E-state index in [1.54, 1.807) is 0 Å². The molecule has 0 aromatic carbocycles. The third-order valence-corrected chi connectivity index (χ3v) is 2.50. The average molecular weight is 164 g/mol. The van der Waals surface area contributed by atoms with Crippen molar-refractivity contribution in [2.24, 2.45) is 5.92 Å². The molecule has 1 aliphatic rings. The van der Waals surface area contributed by atoms with Crippen LogP contribution in [-0.4, -0.2) is 6.29 Å². The molecule has 0 aliphatic heterocycles. The Kier molecular flexibility index (Phi) is 2.85. The predicted octanol–water partition coefficient (Wildman–Crippen LogP) is 2.88. The number of aldehydes is 1. The lowest BCUT2D eigenvalue weighted by Gasteiger charge is -2.04. The summed E-state index contributed by atoms with van der Waals surface area (Å²) < 4.78 is 0. The summed E-state index contributed by atoms with van der Waals surface area (Å²) in [5.41, 5.74) is 3.34. The van der Waals surface area contributed by atoms with E-state index in [0.29, 0.717) is 5.92 Å². The van der Waals surface area contributed by atoms with Gasteiger partial charge in [-0.05, 0) is 36.3 Å². The molecule has 0 N–H and O–H groups in total. The average Bonchev–Trinajstić information content (AvgIpc) is 2.45. The Morgan fingerprint density at radius 2 is 2.33 bits per heavy atom. The molecule has 0 bridgehead atoms. The van der Waals surface area contributed by atoms with Crippen LogP contribution in [0.1, 0.15) is 33.1 Å². The summed E-state index contributed by atoms with van der Waals surface area (Å²) in [5.74, 6) is 0.628. The van der Waals surface area contributed by atoms with Crippen LogP contribution in [0.2, 0.25) is 0 Å². The predicted molar refractivity (Wildman–Crippen MR) is 50.9 cm³/mol. The zero-order chi connectivity index (χ0) is 9.14. The molecule has 0 aromatic rings. The maximum absolute atomic E-state index is 10.7. The Balaban J connectivity index is 2.84. The normalized spacial score (nSPS) is 23.0. The monoisotopic (exact) mass is 164 g/mol. The first-order valence-electron chi connectivity index (χ1n) is 4.54. The second-order valence-corrected chi connectivity index (χ2v) is 3.59. The molecule has 1 unspecified atom stereocenters. The molecule has 0 amide bonds. The third kappa shape index (κ3) is 1.66. The minimum atomic E-state index is 0.628. The Hall–Kier alpha value is -0.850. The highest BCUT2D eigenvalue weighted by Crippen LogP contribution is 2.34. The highest BCUT2D eigenvalue weighted by molar-refractivity contribution is 5.77. The molecule has 1 heteroatoms. The zero-order valence-corrected chi connectivity index (χ0v) is 7.89. The quantitative estimate of drug-likeness (QED) is 0.586. The number of rotatable bonds is 3. The van der Waals surface area contributed by atoms with E-state index in [-0.39, 0.29) is 0 Å². The number of hydrogen-bond donors (Lipinski definition) is 0. The van der Waals surface area contributed by atoms with Gasteiger partial charge in [0.25, 0.3) is 0 Å². The summed E-state index contributed by atoms with van der Waals surface area (Å²) in [4.78, 5) is 10.7. The van der Waals surface area contributed by atoms with Crippen molar-refractivity contribution >= 4 is 6.29 Å². The fourth-order valence-electron chi connectivity index (χ4n) is 1.75. The molecular formula is C11H16O. The second kappa shape index (κ2) is 3.70. The Morgan fingerprint density at radius 3 is 2.83 bits per heavy atom. The first-order valence-corrected chi connectivity index (χ1v) is 4.54. The lowest BCUT2D eigenvalue weighted by atomic mass is 10.0. The minimum absolute atomic E-state index is 0.628. The molecule has 1 nitrogen and oxygen atoms in total. The first kappa shape index (κ1) is 9.24. The Bertz CT molecular complexity index is 235. The maximum atomic E-state index is 10.7. The van der Waals surface area contributed by atoms with Crippen molar-refractivity contribution in [3.8, 4) is 0 Å². The number of allylic oxidation sites excluding steroid dienone is 3. The minimum Gasteiger partial charge on any atom is -0.298 e. The van der Waals surface area contributed by atoms with Crippen molar-refractivity contribution in [3.63, 3.8) is 0 Å². The Labute approximate surface area is 74.2 Å². The molecule has 0 fully saturated rings. The summed E-state index contributed by atoms with van der Waals surface area (Å²) in [7, 11) is 0. The summed E-state index contributed by atoms with van der Waals surface area (Å²) in [6.07, 6.45) is 3.94. The van der Waals surface area contributed by atoms with Gasteiger partial charge in [-0.15, -0.1) is 0 Å². The van der Waals surface area contributed by atoms with Crippen LogP contribution in [0.5, 0.6) is 0 Å². The van der Waals surface area contributed by atoms with Gasteiger partial charge in [0.2, 0.25) is 0 Å². The van der Waals surface area contributed by atoms with Crippen LogP contribution in [0.15, 0.2) is 23.3 Å². The molecule has 0 saturated carbocycles. The van der Waals surface area contributed by atoms with Crippen LogP contribution in [-0.2, 0) is 4.79 Å². The summed E-state index contributed by atoms with van der Waals surface area (Å²) in [6.45, 7) is 8.24. The van der Waals surface area contributed by atoms with Gasteiger partial charge in [-0.1, -0.05) is 26.0 Å². The van der Waals surface area contributed by atoms with Crippen LogP contribution < -0.4 is 0 Å². The molecule has 0 spiro atoms. The van der Waals surface area contributed by atoms with E-state index in [9.17, 15) is 4.79 Å². The molecule has 1 atom stereocenters. The van der Waals surface area contributed by atoms with E-state index < -0.39 is 0 Å². The SMILES string of the molecule is C=C(CC)C1=C(C=O)CC(C)C1. The van der Waals surface area contributed by atoms with Crippen molar-refractivity contribution in [1.82, 2.24) is 0 Å². The van der Waals surface area contributed by atoms with Crippen molar-refractivity contribution in [2.45, 2.75) is 33.1 Å². The lowest BCUT2D eigenvalue weighted by Crippen LogP contribution is -1.88. The fraction of sp³-hybridized carbons (Fsp3) is 0.545. The fourth-order valence-corrected chi connectivity index (χ4v) is 1.75. The van der Waals surface area contributed by atoms with E-state index in [2.05, 4.69) is 20.4 Å². The van der Waals surface area contributed by atoms with Gasteiger partial charge in [0.1, 0.15) is 6.29 Å². The van der Waals surface area contributed by atoms with Gasteiger partial charge in [-0.3, -0.25) is 4.79 Å². The van der Waals surface area contributed by atoms with Gasteiger partial charge >= 0.3 is 0 Å². The standard InChI is InChI=1S/C11H16O/c1-4-9(3)11-6-8(2)5-10(11)7-12/h7-8H,3-6H2,1-2H3. The molecule has 12 heavy (non-hydrogen) atoms. The number of carbonyl (C=O) groups excluding carboxylic acids is 1. The van der Waals surface area contributed by atoms with Crippen LogP contribution in [0.25, 0.3) is 0 Å². The third-order valence-electron chi connectivity index (χ3n) is 2.50. The maximum Gasteiger partial charge on any atom is 0.146 e. The molecule has 0 heterocycles. The van der Waals surface area contributed by atoms with E-state index >= 15 is 0 Å². The van der Waals surface area contributed by atoms with Gasteiger partial charge in [0, 0.05) is 0 Å². The smallest absolute Gasteiger partial charge is 0.146 e. The highest BCUT2D eigenvalue weighted by Gasteiger charge is 2.21. The molecule has 0 saturated heterocycles. The van der Waals surface area contributed by atoms with Gasteiger partial charge in [0.05, 0.1) is 0 Å². The molecule has 1 aliphatic carbocycles. The van der Waals surface area contributed by atoms with Gasteiger partial charge in [-0.2, -0.15) is 0 Å². The molecule has 66 valence electrons. The molecule has 0 aromatic heterocycles. The largest absolute Gasteiger partial charge is 0.298 e. The summed E-state index contributed by atoms with van der Waals surface area (Å²) in [5, 5.41) is 0. The van der Waals surface area contributed by atoms with Crippen LogP contribution >= 0.6 is 0 Å². The van der Waals surface area contributed by atoms with Gasteiger partial charge in [0.15, 0.2) is 0 Å². The van der Waals surface area contributed by atoms with Gasteiger partial charge in [-0.25, -0.2) is 0 Å². The molecular weight excluding hydrogens is 148 g/mol. The lowest BCUT2D eigenvalue weighted by molar-refractivity contribution is -0.105. The Morgan fingerprint density at radius 1 is 1.67 bits per heavy atom. The van der Waals surface area contributed by atoms with Crippen molar-refractivity contribution in [3.05, 3.63) is 23.3 Å². The zero-order valence-electron chi connectivity index (χ0n) is 7.89. The number of hydrogen-bond acceptors (Lipinski definition) is 1. The van der Waals surface area contributed by atoms with Crippen LogP contribution in [0, 0.1) is 5.92 Å². The van der Waals surface area contributed by atoms with Crippen molar-refractivity contribution in [2.75, 3.05) is 0 Å². The molecule has 1 rings (SSSR count). The topological polar surface area (TPSA) is 17.1 Å². The van der Waals surface area contributed by atoms with Crippen molar-refractivity contribution < 1.29 is 4.79 Å². The van der Waals surface area contributed by atoms with Crippen LogP contribution in [0.3, 0.4) is 0 Å². The van der Waals surface area contributed by atoms with E-state index in [1.807, 2.05) is 0 Å².